The third kappa shape index (κ3) is 4.03. The predicted molar refractivity (Wildman–Crippen MR) is 124 cm³/mol. The van der Waals surface area contributed by atoms with E-state index in [4.69, 9.17) is 5.73 Å². The van der Waals surface area contributed by atoms with Gasteiger partial charge in [0, 0.05) is 47.8 Å². The van der Waals surface area contributed by atoms with Gasteiger partial charge in [-0.3, -0.25) is 0 Å². The van der Waals surface area contributed by atoms with Gasteiger partial charge in [-0.2, -0.15) is 0 Å². The van der Waals surface area contributed by atoms with Crippen molar-refractivity contribution in [2.24, 2.45) is 5.73 Å². The van der Waals surface area contributed by atoms with Gasteiger partial charge in [0.15, 0.2) is 0 Å². The predicted octanol–water partition coefficient (Wildman–Crippen LogP) is 2.77. The van der Waals surface area contributed by atoms with E-state index in [-0.39, 0.29) is 6.04 Å². The summed E-state index contributed by atoms with van der Waals surface area (Å²) >= 11 is 0. The molecule has 2 aromatic carbocycles. The van der Waals surface area contributed by atoms with Crippen LogP contribution in [0.25, 0.3) is 10.9 Å². The molecule has 0 amide bonds. The Hall–Kier alpha value is -2.18. The number of unbranched alkanes of at least 4 members (excludes halogenated alkanes) is 1. The summed E-state index contributed by atoms with van der Waals surface area (Å²) < 4.78 is 0. The van der Waals surface area contributed by atoms with E-state index in [2.05, 4.69) is 69.5 Å². The second-order valence-corrected chi connectivity index (χ2v) is 8.81. The Morgan fingerprint density at radius 2 is 1.80 bits per heavy atom. The zero-order chi connectivity index (χ0) is 20.3. The number of H-pyrrole nitrogens is 1. The van der Waals surface area contributed by atoms with Gasteiger partial charge in [-0.15, -0.1) is 0 Å². The normalized spacial score (nSPS) is 22.9. The Bertz CT molecular complexity index is 994. The minimum atomic E-state index is 0.131. The summed E-state index contributed by atoms with van der Waals surface area (Å²) in [6.45, 7) is 4.06. The van der Waals surface area contributed by atoms with Gasteiger partial charge in [0.25, 0.3) is 0 Å². The highest BCUT2D eigenvalue weighted by Crippen LogP contribution is 2.29. The number of benzene rings is 2. The first-order valence-corrected chi connectivity index (χ1v) is 11.4. The van der Waals surface area contributed by atoms with Crippen molar-refractivity contribution >= 4 is 10.9 Å². The summed E-state index contributed by atoms with van der Waals surface area (Å²) in [6, 6.07) is 18.2. The number of aromatic amines is 1. The number of aromatic nitrogens is 1. The fourth-order valence-electron chi connectivity index (χ4n) is 5.11. The van der Waals surface area contributed by atoms with Gasteiger partial charge in [0.1, 0.15) is 0 Å². The Morgan fingerprint density at radius 3 is 2.73 bits per heavy atom. The molecule has 6 N–H and O–H groups in total. The average molecular weight is 404 g/mol. The van der Waals surface area contributed by atoms with Crippen LogP contribution < -0.4 is 21.7 Å². The number of nitrogens with one attached hydrogen (secondary N) is 4. The number of rotatable bonds is 8. The van der Waals surface area contributed by atoms with Gasteiger partial charge < -0.3 is 26.7 Å². The lowest BCUT2D eigenvalue weighted by molar-refractivity contribution is 0.433. The van der Waals surface area contributed by atoms with Crippen LogP contribution in [0.5, 0.6) is 0 Å². The third-order valence-corrected chi connectivity index (χ3v) is 6.79. The monoisotopic (exact) mass is 403 g/mol. The summed E-state index contributed by atoms with van der Waals surface area (Å²) in [5.74, 6) is 0. The van der Waals surface area contributed by atoms with Crippen molar-refractivity contribution in [3.8, 4) is 0 Å². The van der Waals surface area contributed by atoms with Crippen molar-refractivity contribution in [1.82, 2.24) is 20.9 Å². The fraction of sp³-hybridized carbons (Fsp3) is 0.440. The zero-order valence-corrected chi connectivity index (χ0v) is 17.6. The van der Waals surface area contributed by atoms with E-state index >= 15 is 0 Å². The first-order chi connectivity index (χ1) is 14.8. The second kappa shape index (κ2) is 8.90. The Balaban J connectivity index is 0.996. The summed E-state index contributed by atoms with van der Waals surface area (Å²) in [6.07, 6.45) is 4.51. The highest BCUT2D eigenvalue weighted by atomic mass is 15.0. The highest BCUT2D eigenvalue weighted by molar-refractivity contribution is 5.84. The SMILES string of the molecule is NC1c2ccccc2CC1NCCCCNCC1Cc2c([nH]c3ccccc23)CN1. The van der Waals surface area contributed by atoms with Crippen LogP contribution >= 0.6 is 0 Å². The standard InChI is InChI=1S/C25H33N5/c26-25-19-8-2-1-7-17(19)13-23(25)28-12-6-5-11-27-15-18-14-21-20-9-3-4-10-22(20)30-24(21)16-29-18/h1-4,7-10,18,23,25,27-30H,5-6,11-16,26H2. The van der Waals surface area contributed by atoms with Crippen molar-refractivity contribution < 1.29 is 0 Å². The molecule has 3 atom stereocenters. The molecule has 3 aromatic rings. The molecule has 0 saturated heterocycles. The first-order valence-electron chi connectivity index (χ1n) is 11.4. The van der Waals surface area contributed by atoms with E-state index in [0.717, 1.165) is 39.0 Å². The van der Waals surface area contributed by atoms with Crippen LogP contribution in [0.4, 0.5) is 0 Å². The molecule has 0 spiro atoms. The molecule has 5 heteroatoms. The number of fused-ring (bicyclic) bond motifs is 4. The zero-order valence-electron chi connectivity index (χ0n) is 17.6. The first kappa shape index (κ1) is 19.8. The molecule has 0 fully saturated rings. The van der Waals surface area contributed by atoms with Gasteiger partial charge in [-0.05, 0) is 61.5 Å². The maximum Gasteiger partial charge on any atom is 0.0459 e. The third-order valence-electron chi connectivity index (χ3n) is 6.79. The molecule has 5 nitrogen and oxygen atoms in total. The maximum absolute atomic E-state index is 6.41. The van der Waals surface area contributed by atoms with E-state index in [9.17, 15) is 0 Å². The van der Waals surface area contributed by atoms with Gasteiger partial charge in [0.05, 0.1) is 0 Å². The van der Waals surface area contributed by atoms with Crippen molar-refractivity contribution in [1.29, 1.82) is 0 Å². The van der Waals surface area contributed by atoms with E-state index < -0.39 is 0 Å². The van der Waals surface area contributed by atoms with Crippen LogP contribution in [0.3, 0.4) is 0 Å². The minimum absolute atomic E-state index is 0.131. The van der Waals surface area contributed by atoms with Crippen LogP contribution in [0.1, 0.15) is 41.3 Å². The minimum Gasteiger partial charge on any atom is -0.357 e. The van der Waals surface area contributed by atoms with E-state index in [1.807, 2.05) is 0 Å². The fourth-order valence-corrected chi connectivity index (χ4v) is 5.11. The Morgan fingerprint density at radius 1 is 0.967 bits per heavy atom. The van der Waals surface area contributed by atoms with E-state index in [0.29, 0.717) is 12.1 Å². The number of hydrogen-bond acceptors (Lipinski definition) is 4. The quantitative estimate of drug-likeness (QED) is 0.375. The van der Waals surface area contributed by atoms with Crippen LogP contribution in [-0.4, -0.2) is 36.7 Å². The molecule has 5 rings (SSSR count). The molecule has 1 aliphatic heterocycles. The molecule has 1 aromatic heterocycles. The number of hydrogen-bond donors (Lipinski definition) is 5. The van der Waals surface area contributed by atoms with E-state index in [1.54, 1.807) is 0 Å². The van der Waals surface area contributed by atoms with Gasteiger partial charge in [-0.1, -0.05) is 42.5 Å². The highest BCUT2D eigenvalue weighted by Gasteiger charge is 2.28. The Labute approximate surface area is 178 Å². The lowest BCUT2D eigenvalue weighted by atomic mass is 9.98. The summed E-state index contributed by atoms with van der Waals surface area (Å²) in [7, 11) is 0. The molecule has 2 heterocycles. The van der Waals surface area contributed by atoms with E-state index in [1.165, 1.54) is 46.1 Å². The van der Waals surface area contributed by atoms with Crippen LogP contribution in [0.2, 0.25) is 0 Å². The summed E-state index contributed by atoms with van der Waals surface area (Å²) in [5.41, 5.74) is 13.2. The molecular formula is C25H33N5. The molecule has 158 valence electrons. The number of nitrogens with two attached hydrogens (primary N) is 1. The summed E-state index contributed by atoms with van der Waals surface area (Å²) in [5, 5.41) is 12.4. The van der Waals surface area contributed by atoms with Gasteiger partial charge >= 0.3 is 0 Å². The lowest BCUT2D eigenvalue weighted by Crippen LogP contribution is -2.43. The lowest BCUT2D eigenvalue weighted by Gasteiger charge is -2.24. The van der Waals surface area contributed by atoms with Crippen molar-refractivity contribution in [3.63, 3.8) is 0 Å². The topological polar surface area (TPSA) is 77.9 Å². The maximum atomic E-state index is 6.41. The molecule has 0 bridgehead atoms. The van der Waals surface area contributed by atoms with Gasteiger partial charge in [-0.25, -0.2) is 0 Å². The van der Waals surface area contributed by atoms with Crippen molar-refractivity contribution in [2.45, 2.75) is 50.4 Å². The molecule has 30 heavy (non-hydrogen) atoms. The molecule has 0 saturated carbocycles. The Kier molecular flexibility index (Phi) is 5.86. The van der Waals surface area contributed by atoms with Crippen LogP contribution in [0, 0.1) is 0 Å². The second-order valence-electron chi connectivity index (χ2n) is 8.81. The van der Waals surface area contributed by atoms with Crippen LogP contribution in [-0.2, 0) is 19.4 Å². The van der Waals surface area contributed by atoms with Crippen molar-refractivity contribution in [2.75, 3.05) is 19.6 Å². The molecular weight excluding hydrogens is 370 g/mol. The molecule has 3 unspecified atom stereocenters. The molecule has 2 aliphatic rings. The smallest absolute Gasteiger partial charge is 0.0459 e. The molecule has 0 radical (unpaired) electrons. The average Bonchev–Trinajstić information content (AvgIpc) is 3.30. The largest absolute Gasteiger partial charge is 0.357 e. The number of para-hydroxylation sites is 1. The van der Waals surface area contributed by atoms with Crippen molar-refractivity contribution in [3.05, 3.63) is 70.9 Å². The summed E-state index contributed by atoms with van der Waals surface area (Å²) in [4.78, 5) is 3.56. The van der Waals surface area contributed by atoms with Crippen LogP contribution in [0.15, 0.2) is 48.5 Å². The van der Waals surface area contributed by atoms with Gasteiger partial charge in [0.2, 0.25) is 0 Å². The molecule has 1 aliphatic carbocycles.